The van der Waals surface area contributed by atoms with E-state index >= 15 is 0 Å². The van der Waals surface area contributed by atoms with Crippen LogP contribution in [0.1, 0.15) is 50.4 Å². The Kier molecular flexibility index (Phi) is 4.12. The highest BCUT2D eigenvalue weighted by Gasteiger charge is 2.29. The van der Waals surface area contributed by atoms with E-state index in [1.165, 1.54) is 12.5 Å². The molecule has 1 aliphatic carbocycles. The highest BCUT2D eigenvalue weighted by atomic mass is 16.3. The Bertz CT molecular complexity index is 535. The molecule has 2 N–H and O–H groups in total. The first-order chi connectivity index (χ1) is 9.37. The maximum Gasteiger partial charge on any atom is 0.275 e. The van der Waals surface area contributed by atoms with Gasteiger partial charge in [0.2, 0.25) is 0 Å². The summed E-state index contributed by atoms with van der Waals surface area (Å²) in [7, 11) is 0. The van der Waals surface area contributed by atoms with Gasteiger partial charge in [0.05, 0.1) is 5.56 Å². The van der Waals surface area contributed by atoms with Crippen molar-refractivity contribution < 1.29 is 9.90 Å². The van der Waals surface area contributed by atoms with Crippen LogP contribution in [0.25, 0.3) is 0 Å². The summed E-state index contributed by atoms with van der Waals surface area (Å²) >= 11 is 0. The standard InChI is InChI=1S/C16H22N2O2/c1-11-8-12(10-16(2,3)9-11)17-18-15(20)13-6-4-5-7-14(13)19/h4-7,11,19H,8-10H2,1-3H3,(H,18,20)/b17-12-/t11-/m1/s1. The molecule has 0 radical (unpaired) electrons. The lowest BCUT2D eigenvalue weighted by atomic mass is 9.72. The number of benzene rings is 1. The molecular weight excluding hydrogens is 252 g/mol. The van der Waals surface area contributed by atoms with Gasteiger partial charge in [-0.2, -0.15) is 5.10 Å². The Morgan fingerprint density at radius 3 is 2.75 bits per heavy atom. The first kappa shape index (κ1) is 14.6. The first-order valence-corrected chi connectivity index (χ1v) is 7.01. The monoisotopic (exact) mass is 274 g/mol. The third-order valence-electron chi connectivity index (χ3n) is 3.63. The zero-order valence-corrected chi connectivity index (χ0v) is 12.3. The fraction of sp³-hybridized carbons (Fsp3) is 0.500. The summed E-state index contributed by atoms with van der Waals surface area (Å²) in [6.07, 6.45) is 3.00. The summed E-state index contributed by atoms with van der Waals surface area (Å²) in [5.41, 5.74) is 4.06. The summed E-state index contributed by atoms with van der Waals surface area (Å²) < 4.78 is 0. The molecular formula is C16H22N2O2. The zero-order valence-electron chi connectivity index (χ0n) is 12.3. The first-order valence-electron chi connectivity index (χ1n) is 7.01. The molecule has 2 rings (SSSR count). The number of hydrogen-bond acceptors (Lipinski definition) is 3. The van der Waals surface area contributed by atoms with Crippen molar-refractivity contribution in [3.05, 3.63) is 29.8 Å². The molecule has 1 aliphatic rings. The lowest BCUT2D eigenvalue weighted by Crippen LogP contribution is -2.30. The van der Waals surface area contributed by atoms with Gasteiger partial charge >= 0.3 is 0 Å². The van der Waals surface area contributed by atoms with Crippen molar-refractivity contribution >= 4 is 11.6 Å². The van der Waals surface area contributed by atoms with Gasteiger partial charge in [0, 0.05) is 5.71 Å². The van der Waals surface area contributed by atoms with Crippen LogP contribution < -0.4 is 5.43 Å². The molecule has 20 heavy (non-hydrogen) atoms. The second-order valence-electron chi connectivity index (χ2n) is 6.49. The Labute approximate surface area is 119 Å². The zero-order chi connectivity index (χ0) is 14.8. The van der Waals surface area contributed by atoms with Gasteiger partial charge in [-0.3, -0.25) is 4.79 Å². The van der Waals surface area contributed by atoms with Crippen molar-refractivity contribution in [1.82, 2.24) is 5.43 Å². The number of hydrogen-bond donors (Lipinski definition) is 2. The average Bonchev–Trinajstić information content (AvgIpc) is 2.34. The summed E-state index contributed by atoms with van der Waals surface area (Å²) in [5.74, 6) is 0.189. The summed E-state index contributed by atoms with van der Waals surface area (Å²) in [6.45, 7) is 6.66. The van der Waals surface area contributed by atoms with Crippen LogP contribution in [0.4, 0.5) is 0 Å². The molecule has 1 aromatic carbocycles. The van der Waals surface area contributed by atoms with E-state index < -0.39 is 0 Å². The Hall–Kier alpha value is -1.84. The highest BCUT2D eigenvalue weighted by molar-refractivity contribution is 5.97. The molecule has 1 atom stereocenters. The molecule has 108 valence electrons. The van der Waals surface area contributed by atoms with Gasteiger partial charge in [-0.15, -0.1) is 0 Å². The van der Waals surface area contributed by atoms with Crippen LogP contribution in [-0.2, 0) is 0 Å². The number of carbonyl (C=O) groups is 1. The molecule has 0 aromatic heterocycles. The van der Waals surface area contributed by atoms with Crippen molar-refractivity contribution in [3.63, 3.8) is 0 Å². The van der Waals surface area contributed by atoms with E-state index in [0.29, 0.717) is 5.92 Å². The van der Waals surface area contributed by atoms with E-state index in [0.717, 1.165) is 18.6 Å². The predicted octanol–water partition coefficient (Wildman–Crippen LogP) is 3.32. The van der Waals surface area contributed by atoms with Crippen LogP contribution in [0.2, 0.25) is 0 Å². The SMILES string of the molecule is C[C@@H]1C/C(=N/NC(=O)c2ccccc2O)CC(C)(C)C1. The van der Waals surface area contributed by atoms with Gasteiger partial charge < -0.3 is 5.11 Å². The molecule has 0 bridgehead atoms. The van der Waals surface area contributed by atoms with E-state index in [9.17, 15) is 9.90 Å². The van der Waals surface area contributed by atoms with Gasteiger partial charge in [-0.05, 0) is 42.7 Å². The normalized spacial score (nSPS) is 23.6. The Morgan fingerprint density at radius 1 is 1.40 bits per heavy atom. The molecule has 1 amide bonds. The molecule has 4 nitrogen and oxygen atoms in total. The van der Waals surface area contributed by atoms with E-state index in [-0.39, 0.29) is 22.6 Å². The van der Waals surface area contributed by atoms with Crippen LogP contribution in [-0.4, -0.2) is 16.7 Å². The maximum atomic E-state index is 12.0. The Morgan fingerprint density at radius 2 is 2.10 bits per heavy atom. The number of phenolic OH excluding ortho intramolecular Hbond substituents is 1. The number of aromatic hydroxyl groups is 1. The summed E-state index contributed by atoms with van der Waals surface area (Å²) in [6, 6.07) is 6.48. The summed E-state index contributed by atoms with van der Waals surface area (Å²) in [4.78, 5) is 12.0. The lowest BCUT2D eigenvalue weighted by molar-refractivity contribution is 0.0951. The minimum atomic E-state index is -0.369. The number of nitrogens with one attached hydrogen (secondary N) is 1. The molecule has 1 saturated carbocycles. The maximum absolute atomic E-state index is 12.0. The summed E-state index contributed by atoms with van der Waals surface area (Å²) in [5, 5.41) is 13.9. The number of carbonyl (C=O) groups excluding carboxylic acids is 1. The van der Waals surface area contributed by atoms with E-state index in [1.54, 1.807) is 18.2 Å². The molecule has 0 unspecified atom stereocenters. The number of nitrogens with zero attached hydrogens (tertiary/aromatic N) is 1. The third kappa shape index (κ3) is 3.59. The number of rotatable bonds is 2. The van der Waals surface area contributed by atoms with Crippen LogP contribution >= 0.6 is 0 Å². The van der Waals surface area contributed by atoms with Crippen LogP contribution in [0.5, 0.6) is 5.75 Å². The minimum absolute atomic E-state index is 0.0254. The largest absolute Gasteiger partial charge is 0.507 e. The lowest BCUT2D eigenvalue weighted by Gasteiger charge is -2.34. The minimum Gasteiger partial charge on any atom is -0.507 e. The number of para-hydroxylation sites is 1. The van der Waals surface area contributed by atoms with Crippen molar-refractivity contribution in [3.8, 4) is 5.75 Å². The number of phenols is 1. The van der Waals surface area contributed by atoms with Crippen molar-refractivity contribution in [2.24, 2.45) is 16.4 Å². The Balaban J connectivity index is 2.06. The van der Waals surface area contributed by atoms with Crippen LogP contribution in [0, 0.1) is 11.3 Å². The van der Waals surface area contributed by atoms with E-state index in [4.69, 9.17) is 0 Å². The highest BCUT2D eigenvalue weighted by Crippen LogP contribution is 2.36. The van der Waals surface area contributed by atoms with E-state index in [1.807, 2.05) is 0 Å². The molecule has 1 aromatic rings. The van der Waals surface area contributed by atoms with Gasteiger partial charge in [-0.1, -0.05) is 32.9 Å². The van der Waals surface area contributed by atoms with E-state index in [2.05, 4.69) is 31.3 Å². The van der Waals surface area contributed by atoms with Crippen LogP contribution in [0.3, 0.4) is 0 Å². The molecule has 4 heteroatoms. The fourth-order valence-corrected chi connectivity index (χ4v) is 3.06. The van der Waals surface area contributed by atoms with Crippen molar-refractivity contribution in [1.29, 1.82) is 0 Å². The topological polar surface area (TPSA) is 61.7 Å². The fourth-order valence-electron chi connectivity index (χ4n) is 3.06. The molecule has 0 spiro atoms. The predicted molar refractivity (Wildman–Crippen MR) is 79.8 cm³/mol. The van der Waals surface area contributed by atoms with Gasteiger partial charge in [0.15, 0.2) is 0 Å². The molecule has 1 fully saturated rings. The van der Waals surface area contributed by atoms with Gasteiger partial charge in [0.1, 0.15) is 5.75 Å². The van der Waals surface area contributed by atoms with Crippen LogP contribution in [0.15, 0.2) is 29.4 Å². The van der Waals surface area contributed by atoms with Crippen molar-refractivity contribution in [2.75, 3.05) is 0 Å². The second-order valence-corrected chi connectivity index (χ2v) is 6.49. The van der Waals surface area contributed by atoms with Gasteiger partial charge in [-0.25, -0.2) is 5.43 Å². The van der Waals surface area contributed by atoms with Crippen molar-refractivity contribution in [2.45, 2.75) is 40.0 Å². The third-order valence-corrected chi connectivity index (χ3v) is 3.63. The smallest absolute Gasteiger partial charge is 0.275 e. The van der Waals surface area contributed by atoms with Gasteiger partial charge in [0.25, 0.3) is 5.91 Å². The molecule has 0 aliphatic heterocycles. The number of hydrazone groups is 1. The second kappa shape index (κ2) is 5.65. The average molecular weight is 274 g/mol. The molecule has 0 saturated heterocycles. The quantitative estimate of drug-likeness (QED) is 0.813. The molecule has 0 heterocycles. The number of amides is 1.